The second kappa shape index (κ2) is 7.02. The summed E-state index contributed by atoms with van der Waals surface area (Å²) in [6, 6.07) is 7.83. The first-order valence-corrected chi connectivity index (χ1v) is 8.91. The van der Waals surface area contributed by atoms with Crippen LogP contribution in [0.5, 0.6) is 0 Å². The van der Waals surface area contributed by atoms with Gasteiger partial charge in [0.1, 0.15) is 0 Å². The maximum absolute atomic E-state index is 11.3. The number of halogens is 1. The summed E-state index contributed by atoms with van der Waals surface area (Å²) in [6.45, 7) is 6.80. The van der Waals surface area contributed by atoms with Crippen molar-refractivity contribution in [1.82, 2.24) is 0 Å². The summed E-state index contributed by atoms with van der Waals surface area (Å²) < 4.78 is 29.2. The zero-order valence-electron chi connectivity index (χ0n) is 12.1. The van der Waals surface area contributed by atoms with Gasteiger partial charge in [0.15, 0.2) is 0 Å². The second-order valence-electron chi connectivity index (χ2n) is 6.04. The highest BCUT2D eigenvalue weighted by molar-refractivity contribution is 9.10. The topological polar surface area (TPSA) is 69.4 Å². The summed E-state index contributed by atoms with van der Waals surface area (Å²) in [5.74, 6) is -0.195. The first-order chi connectivity index (χ1) is 9.08. The molecule has 20 heavy (non-hydrogen) atoms. The largest absolute Gasteiger partial charge is 0.376 e. The molecule has 0 saturated heterocycles. The first-order valence-electron chi connectivity index (χ1n) is 6.40. The van der Waals surface area contributed by atoms with Gasteiger partial charge in [0, 0.05) is 10.4 Å². The van der Waals surface area contributed by atoms with Gasteiger partial charge in [-0.1, -0.05) is 48.8 Å². The molecule has 1 aromatic carbocycles. The van der Waals surface area contributed by atoms with Gasteiger partial charge in [-0.3, -0.25) is 0 Å². The lowest BCUT2D eigenvalue weighted by Gasteiger charge is -2.29. The van der Waals surface area contributed by atoms with Gasteiger partial charge in [-0.25, -0.2) is 13.6 Å². The van der Waals surface area contributed by atoms with Crippen LogP contribution in [0, 0.1) is 11.3 Å². The number of hydrogen-bond donors (Lipinski definition) is 1. The number of primary sulfonamides is 1. The molecule has 2 N–H and O–H groups in total. The number of hydrogen-bond acceptors (Lipinski definition) is 3. The van der Waals surface area contributed by atoms with Crippen LogP contribution in [0.15, 0.2) is 28.7 Å². The van der Waals surface area contributed by atoms with Crippen LogP contribution in [-0.2, 0) is 21.4 Å². The Morgan fingerprint density at radius 2 is 2.00 bits per heavy atom. The number of benzene rings is 1. The van der Waals surface area contributed by atoms with E-state index in [2.05, 4.69) is 15.9 Å². The molecule has 0 fully saturated rings. The standard InChI is InChI=1S/C14H22BrNO3S/c1-14(2,3)12(10-20(16,17)18)9-19-8-11-5-4-6-13(15)7-11/h4-7,12H,8-10H2,1-3H3,(H2,16,17,18). The maximum atomic E-state index is 11.3. The summed E-state index contributed by atoms with van der Waals surface area (Å²) in [5, 5.41) is 5.15. The minimum Gasteiger partial charge on any atom is -0.376 e. The van der Waals surface area contributed by atoms with E-state index in [4.69, 9.17) is 9.88 Å². The Balaban J connectivity index is 2.59. The average molecular weight is 364 g/mol. The molecule has 4 nitrogen and oxygen atoms in total. The summed E-state index contributed by atoms with van der Waals surface area (Å²) >= 11 is 3.40. The van der Waals surface area contributed by atoms with Crippen LogP contribution in [0.1, 0.15) is 26.3 Å². The Hall–Kier alpha value is -0.430. The Morgan fingerprint density at radius 1 is 1.35 bits per heavy atom. The predicted octanol–water partition coefficient (Wildman–Crippen LogP) is 2.92. The van der Waals surface area contributed by atoms with Crippen molar-refractivity contribution in [2.24, 2.45) is 16.5 Å². The van der Waals surface area contributed by atoms with Crippen LogP contribution in [-0.4, -0.2) is 20.8 Å². The maximum Gasteiger partial charge on any atom is 0.209 e. The van der Waals surface area contributed by atoms with E-state index in [1.54, 1.807) is 0 Å². The van der Waals surface area contributed by atoms with Crippen LogP contribution in [0.25, 0.3) is 0 Å². The van der Waals surface area contributed by atoms with Crippen LogP contribution < -0.4 is 5.14 Å². The van der Waals surface area contributed by atoms with Crippen molar-refractivity contribution >= 4 is 26.0 Å². The molecule has 0 amide bonds. The number of ether oxygens (including phenoxy) is 1. The molecule has 0 aliphatic rings. The summed E-state index contributed by atoms with van der Waals surface area (Å²) in [6.07, 6.45) is 0. The molecule has 0 aliphatic carbocycles. The predicted molar refractivity (Wildman–Crippen MR) is 84.7 cm³/mol. The number of nitrogens with two attached hydrogens (primary N) is 1. The Labute approximate surface area is 129 Å². The zero-order chi connectivity index (χ0) is 15.4. The minimum atomic E-state index is -3.50. The fourth-order valence-corrected chi connectivity index (χ4v) is 3.38. The monoisotopic (exact) mass is 363 g/mol. The van der Waals surface area contributed by atoms with E-state index >= 15 is 0 Å². The van der Waals surface area contributed by atoms with Crippen molar-refractivity contribution in [3.63, 3.8) is 0 Å². The lowest BCUT2D eigenvalue weighted by Crippen LogP contribution is -2.34. The fraction of sp³-hybridized carbons (Fsp3) is 0.571. The molecule has 0 radical (unpaired) electrons. The van der Waals surface area contributed by atoms with Gasteiger partial charge in [0.25, 0.3) is 0 Å². The molecule has 0 spiro atoms. The van der Waals surface area contributed by atoms with Crippen LogP contribution in [0.3, 0.4) is 0 Å². The lowest BCUT2D eigenvalue weighted by molar-refractivity contribution is 0.0552. The van der Waals surface area contributed by atoms with Crippen molar-refractivity contribution in [1.29, 1.82) is 0 Å². The molecule has 0 heterocycles. The van der Waals surface area contributed by atoms with E-state index in [9.17, 15) is 8.42 Å². The third-order valence-corrected chi connectivity index (χ3v) is 4.50. The average Bonchev–Trinajstić information content (AvgIpc) is 2.25. The molecule has 0 aromatic heterocycles. The SMILES string of the molecule is CC(C)(C)C(COCc1cccc(Br)c1)CS(N)(=O)=O. The second-order valence-corrected chi connectivity index (χ2v) is 8.61. The Bertz CT molecular complexity index is 538. The van der Waals surface area contributed by atoms with Crippen molar-refractivity contribution in [3.8, 4) is 0 Å². The van der Waals surface area contributed by atoms with E-state index in [1.807, 2.05) is 45.0 Å². The summed E-state index contributed by atoms with van der Waals surface area (Å²) in [7, 11) is -3.50. The van der Waals surface area contributed by atoms with Crippen LogP contribution >= 0.6 is 15.9 Å². The van der Waals surface area contributed by atoms with Gasteiger partial charge in [0.2, 0.25) is 10.0 Å². The zero-order valence-corrected chi connectivity index (χ0v) is 14.5. The van der Waals surface area contributed by atoms with E-state index in [0.29, 0.717) is 13.2 Å². The van der Waals surface area contributed by atoms with Gasteiger partial charge >= 0.3 is 0 Å². The highest BCUT2D eigenvalue weighted by Gasteiger charge is 2.28. The molecule has 1 unspecified atom stereocenters. The molecular weight excluding hydrogens is 342 g/mol. The number of rotatable bonds is 6. The molecule has 114 valence electrons. The fourth-order valence-electron chi connectivity index (χ4n) is 1.77. The van der Waals surface area contributed by atoms with Gasteiger partial charge < -0.3 is 4.74 Å². The van der Waals surface area contributed by atoms with Gasteiger partial charge in [-0.15, -0.1) is 0 Å². The third kappa shape index (κ3) is 6.83. The molecule has 1 rings (SSSR count). The number of sulfonamides is 1. The molecule has 6 heteroatoms. The molecule has 1 atom stereocenters. The highest BCUT2D eigenvalue weighted by atomic mass is 79.9. The summed E-state index contributed by atoms with van der Waals surface area (Å²) in [4.78, 5) is 0. The molecule has 0 aliphatic heterocycles. The van der Waals surface area contributed by atoms with E-state index in [0.717, 1.165) is 10.0 Å². The highest BCUT2D eigenvalue weighted by Crippen LogP contribution is 2.27. The third-order valence-electron chi connectivity index (χ3n) is 3.14. The molecule has 0 bridgehead atoms. The van der Waals surface area contributed by atoms with E-state index in [-0.39, 0.29) is 17.1 Å². The smallest absolute Gasteiger partial charge is 0.209 e. The lowest BCUT2D eigenvalue weighted by atomic mass is 9.82. The van der Waals surface area contributed by atoms with Crippen molar-refractivity contribution < 1.29 is 13.2 Å². The minimum absolute atomic E-state index is 0.0605. The van der Waals surface area contributed by atoms with E-state index in [1.165, 1.54) is 0 Å². The summed E-state index contributed by atoms with van der Waals surface area (Å²) in [5.41, 5.74) is 0.867. The Kier molecular flexibility index (Phi) is 6.19. The van der Waals surface area contributed by atoms with Gasteiger partial charge in [-0.2, -0.15) is 0 Å². The van der Waals surface area contributed by atoms with Crippen molar-refractivity contribution in [3.05, 3.63) is 34.3 Å². The van der Waals surface area contributed by atoms with Crippen molar-refractivity contribution in [2.75, 3.05) is 12.4 Å². The van der Waals surface area contributed by atoms with Gasteiger partial charge in [0.05, 0.1) is 19.0 Å². The quantitative estimate of drug-likeness (QED) is 0.844. The van der Waals surface area contributed by atoms with Crippen LogP contribution in [0.4, 0.5) is 0 Å². The normalized spacial score (nSPS) is 14.2. The van der Waals surface area contributed by atoms with E-state index < -0.39 is 10.0 Å². The first kappa shape index (κ1) is 17.6. The van der Waals surface area contributed by atoms with Crippen LogP contribution in [0.2, 0.25) is 0 Å². The molecule has 0 saturated carbocycles. The Morgan fingerprint density at radius 3 is 2.50 bits per heavy atom. The molecule has 1 aromatic rings. The molecular formula is C14H22BrNO3S. The van der Waals surface area contributed by atoms with Gasteiger partial charge in [-0.05, 0) is 23.1 Å². The van der Waals surface area contributed by atoms with Crippen molar-refractivity contribution in [2.45, 2.75) is 27.4 Å².